The van der Waals surface area contributed by atoms with E-state index in [1.807, 2.05) is 34.9 Å². The highest BCUT2D eigenvalue weighted by Gasteiger charge is 2.38. The number of hydrogen-bond donors (Lipinski definition) is 1. The van der Waals surface area contributed by atoms with E-state index in [9.17, 15) is 14.7 Å². The maximum atomic E-state index is 12.5. The van der Waals surface area contributed by atoms with Crippen LogP contribution in [0.25, 0.3) is 0 Å². The number of hydrogen-bond acceptors (Lipinski definition) is 3. The quantitative estimate of drug-likeness (QED) is 0.928. The molecule has 1 aromatic carbocycles. The second-order valence-corrected chi connectivity index (χ2v) is 6.75. The maximum absolute atomic E-state index is 12.5. The predicted octanol–water partition coefficient (Wildman–Crippen LogP) is 2.38. The predicted molar refractivity (Wildman–Crippen MR) is 84.6 cm³/mol. The van der Waals surface area contributed by atoms with Crippen LogP contribution in [0.2, 0.25) is 0 Å². The normalized spacial score (nSPS) is 18.6. The van der Waals surface area contributed by atoms with Gasteiger partial charge in [0.15, 0.2) is 0 Å². The van der Waals surface area contributed by atoms with Crippen molar-refractivity contribution < 1.29 is 14.7 Å². The van der Waals surface area contributed by atoms with Crippen LogP contribution in [-0.4, -0.2) is 46.5 Å². The van der Waals surface area contributed by atoms with Crippen molar-refractivity contribution in [1.82, 2.24) is 4.90 Å². The molecular formula is C16H21NO3S. The van der Waals surface area contributed by atoms with Crippen molar-refractivity contribution >= 4 is 23.6 Å². The summed E-state index contributed by atoms with van der Waals surface area (Å²) >= 11 is 1.85. The molecule has 0 saturated carbocycles. The number of carbonyl (C=O) groups is 2. The van der Waals surface area contributed by atoms with Gasteiger partial charge in [-0.15, -0.1) is 0 Å². The fraction of sp³-hybridized carbons (Fsp3) is 0.500. The molecule has 1 atom stereocenters. The highest BCUT2D eigenvalue weighted by molar-refractivity contribution is 7.99. The van der Waals surface area contributed by atoms with E-state index >= 15 is 0 Å². The summed E-state index contributed by atoms with van der Waals surface area (Å²) in [5.74, 6) is 0.983. The molecule has 0 spiro atoms. The number of carboxylic acid groups (broad SMARTS) is 1. The lowest BCUT2D eigenvalue weighted by molar-refractivity contribution is -0.147. The summed E-state index contributed by atoms with van der Waals surface area (Å²) in [5, 5.41) is 9.61. The molecule has 1 N–H and O–H groups in total. The number of carboxylic acids is 1. The highest BCUT2D eigenvalue weighted by atomic mass is 32.2. The van der Waals surface area contributed by atoms with Crippen LogP contribution in [0.4, 0.5) is 0 Å². The molecule has 0 bridgehead atoms. The Morgan fingerprint density at radius 2 is 1.95 bits per heavy atom. The van der Waals surface area contributed by atoms with Gasteiger partial charge in [-0.3, -0.25) is 9.59 Å². The molecule has 2 rings (SSSR count). The van der Waals surface area contributed by atoms with E-state index in [4.69, 9.17) is 0 Å². The van der Waals surface area contributed by atoms with Crippen LogP contribution in [0, 0.1) is 0 Å². The number of amides is 1. The molecule has 1 aliphatic heterocycles. The molecule has 1 heterocycles. The molecule has 21 heavy (non-hydrogen) atoms. The average Bonchev–Trinajstić information content (AvgIpc) is 2.77. The second kappa shape index (κ2) is 6.98. The minimum absolute atomic E-state index is 0.0109. The molecule has 0 radical (unpaired) electrons. The molecule has 4 nitrogen and oxygen atoms in total. The van der Waals surface area contributed by atoms with Gasteiger partial charge in [-0.05, 0) is 24.7 Å². The summed E-state index contributed by atoms with van der Waals surface area (Å²) in [5.41, 5.74) is -0.493. The third-order valence-electron chi connectivity index (χ3n) is 3.96. The Bertz CT molecular complexity index is 498. The van der Waals surface area contributed by atoms with E-state index in [-0.39, 0.29) is 12.3 Å². The fourth-order valence-electron chi connectivity index (χ4n) is 2.52. The molecule has 1 fully saturated rings. The van der Waals surface area contributed by atoms with Gasteiger partial charge in [0.2, 0.25) is 5.91 Å². The molecule has 1 aromatic rings. The van der Waals surface area contributed by atoms with Crippen molar-refractivity contribution in [2.45, 2.75) is 25.2 Å². The van der Waals surface area contributed by atoms with Gasteiger partial charge in [0.1, 0.15) is 0 Å². The van der Waals surface area contributed by atoms with Crippen LogP contribution in [0.1, 0.15) is 25.3 Å². The minimum atomic E-state index is -1.17. The van der Waals surface area contributed by atoms with Gasteiger partial charge < -0.3 is 10.0 Å². The lowest BCUT2D eigenvalue weighted by atomic mass is 9.79. The van der Waals surface area contributed by atoms with E-state index < -0.39 is 11.4 Å². The first-order valence-electron chi connectivity index (χ1n) is 7.18. The Hall–Kier alpha value is -1.49. The van der Waals surface area contributed by atoms with Crippen LogP contribution in [0.15, 0.2) is 30.3 Å². The van der Waals surface area contributed by atoms with Crippen LogP contribution < -0.4 is 0 Å². The van der Waals surface area contributed by atoms with E-state index in [0.29, 0.717) is 12.1 Å². The molecule has 5 heteroatoms. The molecule has 1 amide bonds. The summed E-state index contributed by atoms with van der Waals surface area (Å²) in [6.07, 6.45) is 0.989. The molecule has 1 saturated heterocycles. The number of nitrogens with zero attached hydrogens (tertiary/aromatic N) is 1. The van der Waals surface area contributed by atoms with E-state index in [0.717, 1.165) is 24.5 Å². The van der Waals surface area contributed by atoms with Crippen LogP contribution in [-0.2, 0) is 15.0 Å². The lowest BCUT2D eigenvalue weighted by Gasteiger charge is -2.28. The van der Waals surface area contributed by atoms with Crippen LogP contribution in [0.5, 0.6) is 0 Å². The van der Waals surface area contributed by atoms with E-state index in [2.05, 4.69) is 0 Å². The first-order chi connectivity index (χ1) is 10.0. The first kappa shape index (κ1) is 15.9. The van der Waals surface area contributed by atoms with Crippen molar-refractivity contribution in [3.05, 3.63) is 35.9 Å². The Labute approximate surface area is 129 Å². The minimum Gasteiger partial charge on any atom is -0.481 e. The molecule has 0 aromatic heterocycles. The Morgan fingerprint density at radius 3 is 2.62 bits per heavy atom. The van der Waals surface area contributed by atoms with Crippen molar-refractivity contribution in [2.75, 3.05) is 24.6 Å². The van der Waals surface area contributed by atoms with Gasteiger partial charge in [-0.25, -0.2) is 0 Å². The fourth-order valence-corrected chi connectivity index (χ4v) is 3.40. The average molecular weight is 307 g/mol. The first-order valence-corrected chi connectivity index (χ1v) is 8.34. The topological polar surface area (TPSA) is 57.6 Å². The van der Waals surface area contributed by atoms with Crippen molar-refractivity contribution in [3.63, 3.8) is 0 Å². The molecular weight excluding hydrogens is 286 g/mol. The Balaban J connectivity index is 2.16. The summed E-state index contributed by atoms with van der Waals surface area (Å²) in [6.45, 7) is 3.08. The largest absolute Gasteiger partial charge is 0.481 e. The van der Waals surface area contributed by atoms with Gasteiger partial charge in [0, 0.05) is 25.3 Å². The standard InChI is InChI=1S/C16H21NO3S/c1-16(15(19)20,13-6-3-2-4-7-13)12-14(18)17-8-5-10-21-11-9-17/h2-4,6-7H,5,8-12H2,1H3,(H,19,20). The van der Waals surface area contributed by atoms with Gasteiger partial charge >= 0.3 is 5.97 Å². The zero-order valence-corrected chi connectivity index (χ0v) is 13.1. The lowest BCUT2D eigenvalue weighted by Crippen LogP contribution is -2.41. The summed E-state index contributed by atoms with van der Waals surface area (Å²) in [4.78, 5) is 26.0. The Kier molecular flexibility index (Phi) is 5.28. The number of thioether (sulfide) groups is 1. The number of aliphatic carboxylic acids is 1. The molecule has 1 unspecified atom stereocenters. The monoisotopic (exact) mass is 307 g/mol. The van der Waals surface area contributed by atoms with Crippen molar-refractivity contribution in [1.29, 1.82) is 0 Å². The zero-order valence-electron chi connectivity index (χ0n) is 12.2. The smallest absolute Gasteiger partial charge is 0.314 e. The number of benzene rings is 1. The zero-order chi connectivity index (χ0) is 15.3. The molecule has 114 valence electrons. The third-order valence-corrected chi connectivity index (χ3v) is 5.01. The highest BCUT2D eigenvalue weighted by Crippen LogP contribution is 2.29. The van der Waals surface area contributed by atoms with Gasteiger partial charge in [0.25, 0.3) is 0 Å². The third kappa shape index (κ3) is 3.79. The molecule has 1 aliphatic rings. The van der Waals surface area contributed by atoms with Gasteiger partial charge in [-0.2, -0.15) is 11.8 Å². The number of rotatable bonds is 4. The van der Waals surface area contributed by atoms with Crippen molar-refractivity contribution in [2.24, 2.45) is 0 Å². The van der Waals surface area contributed by atoms with Crippen LogP contribution >= 0.6 is 11.8 Å². The summed E-state index contributed by atoms with van der Waals surface area (Å²) < 4.78 is 0. The number of carbonyl (C=O) groups excluding carboxylic acids is 1. The van der Waals surface area contributed by atoms with Gasteiger partial charge in [0.05, 0.1) is 5.41 Å². The van der Waals surface area contributed by atoms with E-state index in [1.165, 1.54) is 0 Å². The molecule has 0 aliphatic carbocycles. The maximum Gasteiger partial charge on any atom is 0.314 e. The van der Waals surface area contributed by atoms with Gasteiger partial charge in [-0.1, -0.05) is 30.3 Å². The van der Waals surface area contributed by atoms with Crippen molar-refractivity contribution in [3.8, 4) is 0 Å². The summed E-state index contributed by atoms with van der Waals surface area (Å²) in [6, 6.07) is 9.02. The van der Waals surface area contributed by atoms with E-state index in [1.54, 1.807) is 19.1 Å². The van der Waals surface area contributed by atoms with Crippen LogP contribution in [0.3, 0.4) is 0 Å². The Morgan fingerprint density at radius 1 is 1.24 bits per heavy atom. The summed E-state index contributed by atoms with van der Waals surface area (Å²) in [7, 11) is 0. The SMILES string of the molecule is CC(CC(=O)N1CCCSCC1)(C(=O)O)c1ccccc1. The second-order valence-electron chi connectivity index (χ2n) is 5.53.